The maximum absolute atomic E-state index is 11.4. The summed E-state index contributed by atoms with van der Waals surface area (Å²) in [6, 6.07) is 47.6. The molecule has 11 heteroatoms. The minimum absolute atomic E-state index is 0.00519. The first kappa shape index (κ1) is 93.7. The van der Waals surface area contributed by atoms with E-state index in [0.717, 1.165) is 87.7 Å². The third-order valence-electron chi connectivity index (χ3n) is 22.1. The molecule has 0 radical (unpaired) electrons. The zero-order chi connectivity index (χ0) is 78.3. The van der Waals surface area contributed by atoms with Gasteiger partial charge in [0, 0.05) is 18.9 Å². The quantitative estimate of drug-likeness (QED) is 0.0305. The van der Waals surface area contributed by atoms with Crippen LogP contribution in [0, 0.1) is 29.6 Å². The lowest BCUT2D eigenvalue weighted by Crippen LogP contribution is -2.38. The summed E-state index contributed by atoms with van der Waals surface area (Å²) in [5.74, 6) is 9.83. The van der Waals surface area contributed by atoms with E-state index in [4.69, 9.17) is 48.5 Å². The molecule has 3 N–H and O–H groups in total. The second-order valence-corrected chi connectivity index (χ2v) is 30.7. The Labute approximate surface area is 646 Å². The molecular formula is C95H148O11. The molecule has 3 aliphatic rings. The molecule has 6 aromatic rings. The number of benzene rings is 6. The number of rotatable bonds is 29. The van der Waals surface area contributed by atoms with Crippen molar-refractivity contribution in [2.45, 2.75) is 327 Å². The number of hydrogen-bond donors (Lipinski definition) is 3. The van der Waals surface area contributed by atoms with E-state index < -0.39 is 0 Å². The van der Waals surface area contributed by atoms with Crippen LogP contribution in [0.4, 0.5) is 0 Å². The number of methoxy groups -OCH3 is 1. The van der Waals surface area contributed by atoms with Crippen molar-refractivity contribution in [3.8, 4) is 34.5 Å². The Bertz CT molecular complexity index is 2980. The lowest BCUT2D eigenvalue weighted by molar-refractivity contribution is -0.160. The molecule has 0 spiro atoms. The first-order valence-corrected chi connectivity index (χ1v) is 41.5. The van der Waals surface area contributed by atoms with Gasteiger partial charge in [0.05, 0.1) is 19.1 Å². The third-order valence-corrected chi connectivity index (χ3v) is 22.1. The molecule has 106 heavy (non-hydrogen) atoms. The van der Waals surface area contributed by atoms with Crippen molar-refractivity contribution in [2.24, 2.45) is 29.6 Å². The molecule has 1 heterocycles. The van der Waals surface area contributed by atoms with Crippen LogP contribution in [-0.4, -0.2) is 66.6 Å². The van der Waals surface area contributed by atoms with Gasteiger partial charge in [-0.3, -0.25) is 4.79 Å². The van der Waals surface area contributed by atoms with Crippen LogP contribution in [-0.2, 0) is 23.7 Å². The van der Waals surface area contributed by atoms with Crippen molar-refractivity contribution in [1.82, 2.24) is 0 Å². The molecule has 0 amide bonds. The van der Waals surface area contributed by atoms with Crippen LogP contribution < -0.4 is 14.2 Å². The molecule has 6 aromatic carbocycles. The monoisotopic (exact) mass is 1470 g/mol. The number of hydrogen-bond acceptors (Lipinski definition) is 11. The fourth-order valence-electron chi connectivity index (χ4n) is 12.7. The highest BCUT2D eigenvalue weighted by Gasteiger charge is 2.31. The predicted octanol–water partition coefficient (Wildman–Crippen LogP) is 27.1. The van der Waals surface area contributed by atoms with E-state index >= 15 is 0 Å². The van der Waals surface area contributed by atoms with Crippen molar-refractivity contribution >= 4 is 5.97 Å². The van der Waals surface area contributed by atoms with Gasteiger partial charge >= 0.3 is 5.97 Å². The number of esters is 1. The summed E-state index contributed by atoms with van der Waals surface area (Å²) in [4.78, 5) is 11.4. The highest BCUT2D eigenvalue weighted by atomic mass is 16.7. The summed E-state index contributed by atoms with van der Waals surface area (Å²) in [5.41, 5.74) is 8.01. The number of phenols is 3. The molecule has 9 rings (SSSR count). The maximum Gasteiger partial charge on any atom is 0.308 e. The summed E-state index contributed by atoms with van der Waals surface area (Å²) in [5, 5.41) is 27.0. The van der Waals surface area contributed by atoms with Gasteiger partial charge in [-0.05, 0) is 250 Å². The number of carbonyl (C=O) groups excluding carboxylic acids is 1. The number of carbonyl (C=O) groups is 1. The van der Waals surface area contributed by atoms with Gasteiger partial charge in [-0.2, -0.15) is 0 Å². The van der Waals surface area contributed by atoms with Crippen LogP contribution in [0.1, 0.15) is 335 Å². The zero-order valence-electron chi connectivity index (χ0n) is 69.9. The fraction of sp³-hybridized carbons (Fsp3) is 0.611. The summed E-state index contributed by atoms with van der Waals surface area (Å²) in [6.07, 6.45) is 25.2. The average Bonchev–Trinajstić information content (AvgIpc) is 0.848. The van der Waals surface area contributed by atoms with Crippen molar-refractivity contribution in [3.05, 3.63) is 179 Å². The van der Waals surface area contributed by atoms with Crippen molar-refractivity contribution in [1.29, 1.82) is 0 Å². The van der Waals surface area contributed by atoms with Gasteiger partial charge in [-0.1, -0.05) is 242 Å². The predicted molar refractivity (Wildman–Crippen MR) is 444 cm³/mol. The van der Waals surface area contributed by atoms with E-state index in [9.17, 15) is 4.79 Å². The Balaban J connectivity index is 0.000000327. The van der Waals surface area contributed by atoms with Crippen molar-refractivity contribution in [3.63, 3.8) is 0 Å². The maximum atomic E-state index is 11.4. The lowest BCUT2D eigenvalue weighted by Gasteiger charge is -2.35. The summed E-state index contributed by atoms with van der Waals surface area (Å²) in [7, 11) is 1.68. The average molecular weight is 1470 g/mol. The molecule has 12 unspecified atom stereocenters. The summed E-state index contributed by atoms with van der Waals surface area (Å²) in [6.45, 7) is 42.7. The third kappa shape index (κ3) is 37.1. The van der Waals surface area contributed by atoms with Gasteiger partial charge in [0.15, 0.2) is 6.29 Å². The Morgan fingerprint density at radius 3 is 1.10 bits per heavy atom. The molecule has 0 aromatic heterocycles. The minimum atomic E-state index is -0.176. The van der Waals surface area contributed by atoms with Crippen molar-refractivity contribution < 1.29 is 53.3 Å². The SMILES string of the molecule is CCC(C)C(=O)OC1CCCCC1.CCC(C)c1ccc(O)cc1.CCC(C)c1ccc(O)cc1.CCC(C)c1ccc(O)cc1.CCC(C)c1ccc(OC(C)OCCC2CCCCC2)cc1.CCC(C)c1ccc(OC(OC)C(C)C)cc1.CCC1COC(Oc2ccc(C(C)CC)cc2)C(CC)C1. The molecular weight excluding hydrogens is 1320 g/mol. The molecule has 11 nitrogen and oxygen atoms in total. The summed E-state index contributed by atoms with van der Waals surface area (Å²) < 4.78 is 40.2. The van der Waals surface area contributed by atoms with Crippen LogP contribution in [0.15, 0.2) is 146 Å². The van der Waals surface area contributed by atoms with Gasteiger partial charge in [-0.15, -0.1) is 0 Å². The highest BCUT2D eigenvalue weighted by molar-refractivity contribution is 5.72. The zero-order valence-corrected chi connectivity index (χ0v) is 69.9. The lowest BCUT2D eigenvalue weighted by atomic mass is 9.87. The second-order valence-electron chi connectivity index (χ2n) is 30.7. The Morgan fingerprint density at radius 1 is 0.425 bits per heavy atom. The molecule has 12 atom stereocenters. The summed E-state index contributed by atoms with van der Waals surface area (Å²) >= 11 is 0. The second kappa shape index (κ2) is 54.1. The smallest absolute Gasteiger partial charge is 0.308 e. The normalized spacial score (nSPS) is 18.3. The van der Waals surface area contributed by atoms with E-state index in [0.29, 0.717) is 70.5 Å². The topological polar surface area (TPSA) is 142 Å². The molecule has 594 valence electrons. The van der Waals surface area contributed by atoms with E-state index in [1.54, 1.807) is 43.5 Å². The van der Waals surface area contributed by atoms with E-state index in [2.05, 4.69) is 171 Å². The molecule has 2 aliphatic carbocycles. The number of ether oxygens (including phenoxy) is 7. The molecule has 3 fully saturated rings. The van der Waals surface area contributed by atoms with E-state index in [-0.39, 0.29) is 36.9 Å². The standard InChI is InChI=1S/C20H32O2.C19H30O2.C15H24O2.C11H20O2.3C10H14O/c1-4-16(2)19-10-12-20(13-11-19)22-17(3)21-15-14-18-8-6-5-7-9-18;1-5-14(4)17-8-10-18(11-9-17)21-19-16(7-3)12-15(6-2)13-20-19;1-6-12(4)13-7-9-14(10-8-13)17-15(16-5)11(2)3;1-3-9(2)11(12)13-10-7-5-4-6-8-10;3*1-3-8(2)9-4-6-10(11)7-5-9/h10-13,16-18H,4-9,14-15H2,1-3H3;8-11,14-16,19H,5-7,12-13H2,1-4H3;7-12,15H,6H2,1-5H3;9-10H,3-8H2,1-2H3;3*4-8,11H,3H2,1-2H3. The number of phenolic OH excluding ortho intramolecular Hbond substituents is 3. The minimum Gasteiger partial charge on any atom is -0.508 e. The van der Waals surface area contributed by atoms with Crippen LogP contribution >= 0.6 is 0 Å². The van der Waals surface area contributed by atoms with Crippen molar-refractivity contribution in [2.75, 3.05) is 20.3 Å². The van der Waals surface area contributed by atoms with Gasteiger partial charge in [0.25, 0.3) is 0 Å². The Kier molecular flexibility index (Phi) is 47.8. The van der Waals surface area contributed by atoms with E-state index in [1.165, 1.54) is 117 Å². The first-order valence-electron chi connectivity index (χ1n) is 41.5. The van der Waals surface area contributed by atoms with Crippen LogP contribution in [0.25, 0.3) is 0 Å². The first-order chi connectivity index (χ1) is 50.9. The highest BCUT2D eigenvalue weighted by Crippen LogP contribution is 2.34. The van der Waals surface area contributed by atoms with Gasteiger partial charge < -0.3 is 48.5 Å². The Morgan fingerprint density at radius 2 is 0.774 bits per heavy atom. The number of aromatic hydroxyl groups is 3. The largest absolute Gasteiger partial charge is 0.508 e. The fourth-order valence-corrected chi connectivity index (χ4v) is 12.7. The molecule has 1 saturated heterocycles. The van der Waals surface area contributed by atoms with Crippen LogP contribution in [0.2, 0.25) is 0 Å². The van der Waals surface area contributed by atoms with Gasteiger partial charge in [-0.25, -0.2) is 0 Å². The Hall–Kier alpha value is -6.53. The molecule has 1 aliphatic heterocycles. The molecule has 0 bridgehead atoms. The van der Waals surface area contributed by atoms with E-state index in [1.807, 2.05) is 69.3 Å². The van der Waals surface area contributed by atoms with Crippen LogP contribution in [0.5, 0.6) is 34.5 Å². The van der Waals surface area contributed by atoms with Crippen LogP contribution in [0.3, 0.4) is 0 Å². The molecule has 2 saturated carbocycles. The van der Waals surface area contributed by atoms with Gasteiger partial charge in [0.1, 0.15) is 40.6 Å². The van der Waals surface area contributed by atoms with Gasteiger partial charge in [0.2, 0.25) is 12.6 Å².